The highest BCUT2D eigenvalue weighted by Crippen LogP contribution is 2.08. The molecule has 0 aromatic rings. The van der Waals surface area contributed by atoms with E-state index in [0.717, 1.165) is 12.8 Å². The molecule has 0 rings (SSSR count). The van der Waals surface area contributed by atoms with E-state index in [4.69, 9.17) is 5.73 Å². The van der Waals surface area contributed by atoms with E-state index in [9.17, 15) is 4.79 Å². The second kappa shape index (κ2) is 5.42. The van der Waals surface area contributed by atoms with E-state index in [-0.39, 0.29) is 5.78 Å². The van der Waals surface area contributed by atoms with Gasteiger partial charge in [0.05, 0.1) is 0 Å². The maximum absolute atomic E-state index is 10.6. The number of carbonyl (C=O) groups is 1. The number of nitrogens with two attached hydrogens (primary N) is 1. The fraction of sp³-hybridized carbons (Fsp3) is 0.875. The van der Waals surface area contributed by atoms with Gasteiger partial charge in [-0.25, -0.2) is 0 Å². The molecular formula is C8H17NO. The van der Waals surface area contributed by atoms with Crippen LogP contribution in [0.1, 0.15) is 33.1 Å². The van der Waals surface area contributed by atoms with Gasteiger partial charge in [-0.05, 0) is 25.8 Å². The van der Waals surface area contributed by atoms with Gasteiger partial charge in [0.1, 0.15) is 5.78 Å². The van der Waals surface area contributed by atoms with Crippen LogP contribution in [-0.4, -0.2) is 12.3 Å². The van der Waals surface area contributed by atoms with Crippen molar-refractivity contribution in [1.29, 1.82) is 0 Å². The second-order valence-corrected chi connectivity index (χ2v) is 2.80. The predicted octanol–water partition coefficient (Wildman–Crippen LogP) is 1.34. The van der Waals surface area contributed by atoms with Gasteiger partial charge in [-0.2, -0.15) is 0 Å². The van der Waals surface area contributed by atoms with Crippen LogP contribution in [-0.2, 0) is 4.79 Å². The Kier molecular flexibility index (Phi) is 5.22. The van der Waals surface area contributed by atoms with E-state index >= 15 is 0 Å². The minimum absolute atomic E-state index is 0.254. The Morgan fingerprint density at radius 3 is 2.50 bits per heavy atom. The van der Waals surface area contributed by atoms with E-state index in [0.29, 0.717) is 18.9 Å². The van der Waals surface area contributed by atoms with Gasteiger partial charge in [0.15, 0.2) is 0 Å². The highest BCUT2D eigenvalue weighted by molar-refractivity contribution is 5.75. The predicted molar refractivity (Wildman–Crippen MR) is 42.8 cm³/mol. The molecule has 2 N–H and O–H groups in total. The largest absolute Gasteiger partial charge is 0.330 e. The first-order valence-corrected chi connectivity index (χ1v) is 3.90. The Morgan fingerprint density at radius 2 is 2.20 bits per heavy atom. The Morgan fingerprint density at radius 1 is 1.60 bits per heavy atom. The number of carbonyl (C=O) groups excluding carboxylic acids is 1. The first-order chi connectivity index (χ1) is 4.70. The summed E-state index contributed by atoms with van der Waals surface area (Å²) in [6, 6.07) is 0. The van der Waals surface area contributed by atoms with Crippen LogP contribution in [0, 0.1) is 5.92 Å². The molecular weight excluding hydrogens is 126 g/mol. The lowest BCUT2D eigenvalue weighted by atomic mass is 9.98. The molecule has 2 heteroatoms. The zero-order chi connectivity index (χ0) is 7.98. The minimum atomic E-state index is 0.254. The molecule has 1 atom stereocenters. The average molecular weight is 143 g/mol. The molecule has 0 radical (unpaired) electrons. The summed E-state index contributed by atoms with van der Waals surface area (Å²) in [5, 5.41) is 0. The lowest BCUT2D eigenvalue weighted by Crippen LogP contribution is -2.16. The molecule has 0 aliphatic rings. The van der Waals surface area contributed by atoms with Gasteiger partial charge in [-0.3, -0.25) is 0 Å². The molecule has 1 unspecified atom stereocenters. The van der Waals surface area contributed by atoms with Crippen molar-refractivity contribution in [2.45, 2.75) is 33.1 Å². The third kappa shape index (κ3) is 4.50. The number of hydrogen-bond acceptors (Lipinski definition) is 2. The summed E-state index contributed by atoms with van der Waals surface area (Å²) in [6.45, 7) is 4.38. The molecule has 0 heterocycles. The first-order valence-electron chi connectivity index (χ1n) is 3.90. The summed E-state index contributed by atoms with van der Waals surface area (Å²) in [7, 11) is 0. The summed E-state index contributed by atoms with van der Waals surface area (Å²) >= 11 is 0. The molecule has 0 aromatic heterocycles. The summed E-state index contributed by atoms with van der Waals surface area (Å²) in [6.07, 6.45) is 2.86. The molecule has 0 bridgehead atoms. The summed E-state index contributed by atoms with van der Waals surface area (Å²) in [5.41, 5.74) is 5.45. The number of hydrogen-bond donors (Lipinski definition) is 1. The standard InChI is InChI=1S/C8H17NO/c1-3-4-8(6-9)5-7(2)10/h8H,3-6,9H2,1-2H3. The van der Waals surface area contributed by atoms with E-state index in [1.54, 1.807) is 6.92 Å². The molecule has 0 spiro atoms. The molecule has 60 valence electrons. The number of Topliss-reactive ketones (excluding diaryl/α,β-unsaturated/α-hetero) is 1. The summed E-state index contributed by atoms with van der Waals surface area (Å²) in [5.74, 6) is 0.673. The van der Waals surface area contributed by atoms with Gasteiger partial charge in [-0.15, -0.1) is 0 Å². The monoisotopic (exact) mass is 143 g/mol. The fourth-order valence-electron chi connectivity index (χ4n) is 1.12. The topological polar surface area (TPSA) is 43.1 Å². The average Bonchev–Trinajstić information content (AvgIpc) is 1.86. The first kappa shape index (κ1) is 9.63. The lowest BCUT2D eigenvalue weighted by Gasteiger charge is -2.09. The minimum Gasteiger partial charge on any atom is -0.330 e. The van der Waals surface area contributed by atoms with Crippen LogP contribution in [0.5, 0.6) is 0 Å². The molecule has 0 amide bonds. The van der Waals surface area contributed by atoms with Crippen molar-refractivity contribution < 1.29 is 4.79 Å². The third-order valence-electron chi connectivity index (χ3n) is 1.61. The normalized spacial score (nSPS) is 13.1. The maximum Gasteiger partial charge on any atom is 0.130 e. The zero-order valence-corrected chi connectivity index (χ0v) is 6.89. The lowest BCUT2D eigenvalue weighted by molar-refractivity contribution is -0.117. The van der Waals surface area contributed by atoms with Crippen molar-refractivity contribution in [3.05, 3.63) is 0 Å². The van der Waals surface area contributed by atoms with Gasteiger partial charge >= 0.3 is 0 Å². The van der Waals surface area contributed by atoms with E-state index in [2.05, 4.69) is 6.92 Å². The van der Waals surface area contributed by atoms with E-state index in [1.165, 1.54) is 0 Å². The van der Waals surface area contributed by atoms with Crippen molar-refractivity contribution in [1.82, 2.24) is 0 Å². The smallest absolute Gasteiger partial charge is 0.130 e. The second-order valence-electron chi connectivity index (χ2n) is 2.80. The van der Waals surface area contributed by atoms with Gasteiger partial charge < -0.3 is 10.5 Å². The number of ketones is 1. The van der Waals surface area contributed by atoms with E-state index < -0.39 is 0 Å². The zero-order valence-electron chi connectivity index (χ0n) is 6.89. The van der Waals surface area contributed by atoms with Crippen molar-refractivity contribution >= 4 is 5.78 Å². The molecule has 2 nitrogen and oxygen atoms in total. The Balaban J connectivity index is 3.49. The molecule has 10 heavy (non-hydrogen) atoms. The number of rotatable bonds is 5. The van der Waals surface area contributed by atoms with Crippen molar-refractivity contribution in [3.63, 3.8) is 0 Å². The van der Waals surface area contributed by atoms with Crippen LogP contribution in [0.2, 0.25) is 0 Å². The van der Waals surface area contributed by atoms with Crippen molar-refractivity contribution in [3.8, 4) is 0 Å². The highest BCUT2D eigenvalue weighted by Gasteiger charge is 2.06. The molecule has 0 fully saturated rings. The fourth-order valence-corrected chi connectivity index (χ4v) is 1.12. The maximum atomic E-state index is 10.6. The summed E-state index contributed by atoms with van der Waals surface area (Å²) in [4.78, 5) is 10.6. The quantitative estimate of drug-likeness (QED) is 0.631. The molecule has 0 aliphatic carbocycles. The van der Waals surface area contributed by atoms with Crippen LogP contribution in [0.3, 0.4) is 0 Å². The molecule has 0 aromatic carbocycles. The molecule has 0 saturated carbocycles. The highest BCUT2D eigenvalue weighted by atomic mass is 16.1. The van der Waals surface area contributed by atoms with Crippen LogP contribution in [0.4, 0.5) is 0 Å². The van der Waals surface area contributed by atoms with Crippen LogP contribution < -0.4 is 5.73 Å². The van der Waals surface area contributed by atoms with Crippen molar-refractivity contribution in [2.75, 3.05) is 6.54 Å². The van der Waals surface area contributed by atoms with Gasteiger partial charge in [0.2, 0.25) is 0 Å². The Hall–Kier alpha value is -0.370. The Labute approximate surface area is 62.8 Å². The van der Waals surface area contributed by atoms with Crippen molar-refractivity contribution in [2.24, 2.45) is 11.7 Å². The molecule has 0 aliphatic heterocycles. The van der Waals surface area contributed by atoms with Crippen LogP contribution in [0.25, 0.3) is 0 Å². The van der Waals surface area contributed by atoms with Gasteiger partial charge in [-0.1, -0.05) is 13.3 Å². The van der Waals surface area contributed by atoms with Crippen LogP contribution in [0.15, 0.2) is 0 Å². The Bertz CT molecular complexity index is 101. The van der Waals surface area contributed by atoms with Gasteiger partial charge in [0, 0.05) is 6.42 Å². The van der Waals surface area contributed by atoms with Crippen LogP contribution >= 0.6 is 0 Å². The van der Waals surface area contributed by atoms with Gasteiger partial charge in [0.25, 0.3) is 0 Å². The molecule has 0 saturated heterocycles. The van der Waals surface area contributed by atoms with E-state index in [1.807, 2.05) is 0 Å². The SMILES string of the molecule is CCCC(CN)CC(C)=O. The third-order valence-corrected chi connectivity index (χ3v) is 1.61. The summed E-state index contributed by atoms with van der Waals surface area (Å²) < 4.78 is 0.